The molecule has 0 bridgehead atoms. The Morgan fingerprint density at radius 1 is 0.854 bits per heavy atom. The minimum absolute atomic E-state index is 0.0405. The Bertz CT molecular complexity index is 3080. The summed E-state index contributed by atoms with van der Waals surface area (Å²) in [5.74, 6) is -0.0792. The maximum atomic E-state index is 13.9. The predicted molar refractivity (Wildman–Crippen MR) is 343 cm³/mol. The third-order valence-electron chi connectivity index (χ3n) is 21.2. The van der Waals surface area contributed by atoms with Crippen LogP contribution in [0.2, 0.25) is 0 Å². The molecule has 1 aliphatic heterocycles. The Morgan fingerprint density at radius 3 is 2.29 bits per heavy atom. The largest absolute Gasteiger partial charge is 0.480 e. The first-order valence-corrected chi connectivity index (χ1v) is 33.9. The standard InChI is InChI=1S/C67H96N6O14S2/c1-38(46-16-17-47-57-48(21-24-67(46,47)9)66(8)23-20-44(74)33-43(66)34-52(57)75)14-19-55(77)69-50(62(80)81)13-11-12-25-68-54(76)22-29-85-31-32-86-30-28-73(27-26-72(10)56(78)36-65(6,7)58-41(4)39(2)40(3)42(5)59(58)79)64(84)87-45-15-18-49-53(35-45)89-61(70-49)60-71-51(37-88-60)63(82)83/h15,18,35,38,43-44,46-48,50-52,57,74-75H,2,11-14,16-17,19-34,36-37H2,1,3-10H3,(H,68,76)(H,69,77)(H,80,81)(H,82,83)/t38-,43+,44-,46-,47+,48+,50?,51?,52+,57+,66+,67-/m1/s1. The van der Waals surface area contributed by atoms with Gasteiger partial charge in [0.2, 0.25) is 17.7 Å². The van der Waals surface area contributed by atoms with Gasteiger partial charge in [0.25, 0.3) is 0 Å². The van der Waals surface area contributed by atoms with Crippen molar-refractivity contribution in [3.63, 3.8) is 0 Å². The number of rotatable bonds is 29. The fourth-order valence-electron chi connectivity index (χ4n) is 15.8. The molecule has 2 heterocycles. The number of carboxylic acid groups (broad SMARTS) is 2. The zero-order valence-corrected chi connectivity index (χ0v) is 55.3. The molecule has 4 fully saturated rings. The average Bonchev–Trinajstić information content (AvgIpc) is 1.73. The van der Waals surface area contributed by atoms with Crippen molar-refractivity contribution in [1.82, 2.24) is 25.4 Å². The lowest BCUT2D eigenvalue weighted by Crippen LogP contribution is -2.58. The highest BCUT2D eigenvalue weighted by atomic mass is 32.2. The van der Waals surface area contributed by atoms with Gasteiger partial charge in [-0.3, -0.25) is 24.2 Å². The van der Waals surface area contributed by atoms with E-state index in [-0.39, 0.29) is 136 Å². The Morgan fingerprint density at radius 2 is 1.57 bits per heavy atom. The van der Waals surface area contributed by atoms with E-state index in [1.54, 1.807) is 32.2 Å². The third kappa shape index (κ3) is 16.2. The van der Waals surface area contributed by atoms with Crippen LogP contribution in [0.4, 0.5) is 4.79 Å². The van der Waals surface area contributed by atoms with Gasteiger partial charge < -0.3 is 55.1 Å². The zero-order valence-electron chi connectivity index (χ0n) is 53.7. The molecule has 1 aromatic heterocycles. The van der Waals surface area contributed by atoms with Crippen molar-refractivity contribution in [1.29, 1.82) is 0 Å². The monoisotopic (exact) mass is 1270 g/mol. The summed E-state index contributed by atoms with van der Waals surface area (Å²) in [7, 11) is 1.65. The summed E-state index contributed by atoms with van der Waals surface area (Å²) in [5.41, 5.74) is 3.63. The lowest BCUT2D eigenvalue weighted by molar-refractivity contribution is -0.174. The van der Waals surface area contributed by atoms with Gasteiger partial charge in [-0.05, 0) is 173 Å². The number of carbonyl (C=O) groups is 7. The molecule has 12 atom stereocenters. The number of unbranched alkanes of at least 4 members (excludes halogenated alkanes) is 1. The maximum Gasteiger partial charge on any atom is 0.415 e. The summed E-state index contributed by atoms with van der Waals surface area (Å²) >= 11 is 2.64. The molecule has 0 spiro atoms. The van der Waals surface area contributed by atoms with E-state index >= 15 is 0 Å². The number of aliphatic carboxylic acids is 2. The number of nitrogens with one attached hydrogen (secondary N) is 2. The summed E-state index contributed by atoms with van der Waals surface area (Å²) in [6.45, 7) is 21.8. The van der Waals surface area contributed by atoms with Crippen molar-refractivity contribution in [2.75, 3.05) is 65.4 Å². The Hall–Kier alpha value is -5.52. The predicted octanol–water partition coefficient (Wildman–Crippen LogP) is 9.40. The fourth-order valence-corrected chi connectivity index (χ4v) is 17.9. The number of ketones is 1. The van der Waals surface area contributed by atoms with E-state index in [9.17, 15) is 54.0 Å². The molecular formula is C67H96N6O14S2. The van der Waals surface area contributed by atoms with Crippen molar-refractivity contribution in [3.8, 4) is 5.75 Å². The third-order valence-corrected chi connectivity index (χ3v) is 23.4. The molecule has 1 aromatic carbocycles. The van der Waals surface area contributed by atoms with Crippen LogP contribution in [0.3, 0.4) is 0 Å². The Labute approximate surface area is 532 Å². The van der Waals surface area contributed by atoms with E-state index in [0.29, 0.717) is 86.6 Å². The number of Topliss-reactive ketones (excluding diaryl/α,β-unsaturated/α-hetero) is 1. The lowest BCUT2D eigenvalue weighted by Gasteiger charge is -2.62. The number of allylic oxidation sites excluding steroid dienone is 5. The summed E-state index contributed by atoms with van der Waals surface area (Å²) in [6.07, 6.45) is 8.81. The van der Waals surface area contributed by atoms with Crippen LogP contribution < -0.4 is 15.4 Å². The molecule has 20 nitrogen and oxygen atoms in total. The second-order valence-corrected chi connectivity index (χ2v) is 29.3. The van der Waals surface area contributed by atoms with Crippen LogP contribution in [0.25, 0.3) is 10.2 Å². The fraction of sp³-hybridized carbons (Fsp3) is 0.687. The second-order valence-electron chi connectivity index (χ2n) is 27.3. The van der Waals surface area contributed by atoms with E-state index in [1.807, 2.05) is 27.7 Å². The van der Waals surface area contributed by atoms with Crippen LogP contribution in [0, 0.1) is 51.8 Å². The van der Waals surface area contributed by atoms with E-state index < -0.39 is 35.5 Å². The number of aromatic nitrogens is 1. The van der Waals surface area contributed by atoms with Gasteiger partial charge in [-0.1, -0.05) is 41.2 Å². The highest BCUT2D eigenvalue weighted by Crippen LogP contribution is 2.68. The van der Waals surface area contributed by atoms with Crippen molar-refractivity contribution < 1.29 is 68.2 Å². The number of likely N-dealkylation sites (N-methyl/N-ethyl adjacent to an activating group) is 1. The SMILES string of the molecule is C=C1C(C)=C(C)C(=O)C(C(C)(C)CC(=O)N(C)CCN(CCOCCOCCC(=O)NCCCCC(NC(=O)CC[C@@H](C)[C@H]2CC[C@H]3[C@@H]4[C@@H](O)C[C@@H]5C[C@H](O)CC[C@]5(C)[C@H]4CC[C@]23C)C(=O)O)C(=O)Oc2ccc3nc(C4=NC(C(=O)O)CS4)sc3c2)=C1C. The van der Waals surface area contributed by atoms with Gasteiger partial charge in [0.1, 0.15) is 21.8 Å². The number of hydrogen-bond donors (Lipinski definition) is 6. The molecule has 0 radical (unpaired) electrons. The highest BCUT2D eigenvalue weighted by molar-refractivity contribution is 8.15. The molecule has 4 amide bonds. The molecular weight excluding hydrogens is 1180 g/mol. The van der Waals surface area contributed by atoms with Crippen LogP contribution in [0.15, 0.2) is 57.6 Å². The first-order valence-electron chi connectivity index (χ1n) is 32.1. The summed E-state index contributed by atoms with van der Waals surface area (Å²) in [6, 6.07) is 3.15. The van der Waals surface area contributed by atoms with Crippen molar-refractivity contribution in [2.45, 2.75) is 176 Å². The molecule has 2 unspecified atom stereocenters. The second kappa shape index (κ2) is 29.8. The number of benzene rings is 1. The van der Waals surface area contributed by atoms with Gasteiger partial charge in [-0.2, -0.15) is 0 Å². The number of amides is 4. The number of carbonyl (C=O) groups excluding carboxylic acids is 5. The number of aliphatic hydroxyl groups excluding tert-OH is 2. The Balaban J connectivity index is 0.729. The number of aliphatic hydroxyl groups is 2. The smallest absolute Gasteiger partial charge is 0.415 e. The molecule has 490 valence electrons. The first-order chi connectivity index (χ1) is 42.1. The van der Waals surface area contributed by atoms with Crippen LogP contribution in [-0.2, 0) is 38.2 Å². The summed E-state index contributed by atoms with van der Waals surface area (Å²) in [4.78, 5) is 103. The first kappa shape index (κ1) is 69.4. The van der Waals surface area contributed by atoms with Gasteiger partial charge in [0, 0.05) is 80.9 Å². The maximum absolute atomic E-state index is 13.9. The van der Waals surface area contributed by atoms with E-state index in [0.717, 1.165) is 68.1 Å². The molecule has 8 rings (SSSR count). The number of ether oxygens (including phenoxy) is 3. The molecule has 2 aromatic rings. The minimum atomic E-state index is -1.09. The van der Waals surface area contributed by atoms with E-state index in [1.165, 1.54) is 32.9 Å². The van der Waals surface area contributed by atoms with E-state index in [4.69, 9.17) is 14.2 Å². The number of nitrogens with zero attached hydrogens (tertiary/aromatic N) is 4. The van der Waals surface area contributed by atoms with E-state index in [2.05, 4.69) is 48.0 Å². The molecule has 0 saturated heterocycles. The number of hydrogen-bond acceptors (Lipinski definition) is 16. The summed E-state index contributed by atoms with van der Waals surface area (Å²) < 4.78 is 18.1. The van der Waals surface area contributed by atoms with Gasteiger partial charge in [0.05, 0.1) is 48.9 Å². The van der Waals surface area contributed by atoms with Crippen LogP contribution in [-0.4, -0.2) is 171 Å². The Kier molecular flexibility index (Phi) is 23.3. The number of carboxylic acids is 2. The lowest BCUT2D eigenvalue weighted by atomic mass is 9.43. The van der Waals surface area contributed by atoms with Crippen LogP contribution in [0.5, 0.6) is 5.75 Å². The number of fused-ring (bicyclic) bond motifs is 6. The average molecular weight is 1270 g/mol. The van der Waals surface area contributed by atoms with Crippen molar-refractivity contribution in [3.05, 3.63) is 57.7 Å². The highest BCUT2D eigenvalue weighted by Gasteiger charge is 2.63. The number of aliphatic imine (C=N–C) groups is 1. The van der Waals surface area contributed by atoms with Gasteiger partial charge >= 0.3 is 18.0 Å². The van der Waals surface area contributed by atoms with Gasteiger partial charge in [0.15, 0.2) is 11.8 Å². The van der Waals surface area contributed by atoms with Gasteiger partial charge in [-0.25, -0.2) is 19.4 Å². The molecule has 4 saturated carbocycles. The number of thioether (sulfide) groups is 1. The molecule has 5 aliphatic carbocycles. The summed E-state index contributed by atoms with van der Waals surface area (Å²) in [5, 5.41) is 48.2. The van der Waals surface area contributed by atoms with Crippen LogP contribution in [0.1, 0.15) is 157 Å². The normalized spacial score (nSPS) is 27.5. The molecule has 6 aliphatic rings. The molecule has 22 heteroatoms. The van der Waals surface area contributed by atoms with Crippen LogP contribution >= 0.6 is 23.1 Å². The quantitative estimate of drug-likeness (QED) is 0.0414. The molecule has 6 N–H and O–H groups in total. The number of thiazole rings is 1. The minimum Gasteiger partial charge on any atom is -0.480 e. The van der Waals surface area contributed by atoms with Crippen molar-refractivity contribution in [2.24, 2.45) is 56.7 Å². The van der Waals surface area contributed by atoms with Gasteiger partial charge in [-0.15, -0.1) is 23.1 Å². The molecule has 89 heavy (non-hydrogen) atoms. The van der Waals surface area contributed by atoms with Crippen molar-refractivity contribution >= 4 is 79.9 Å². The topological polar surface area (TPSA) is 284 Å². The zero-order chi connectivity index (χ0) is 64.7.